The molecule has 0 spiro atoms. The van der Waals surface area contributed by atoms with Crippen LogP contribution in [0.2, 0.25) is 5.02 Å². The Morgan fingerprint density at radius 1 is 1.16 bits per heavy atom. The van der Waals surface area contributed by atoms with E-state index in [0.717, 1.165) is 0 Å². The third-order valence-electron chi connectivity index (χ3n) is 4.40. The zero-order valence-corrected chi connectivity index (χ0v) is 17.3. The van der Waals surface area contributed by atoms with Gasteiger partial charge in [0.25, 0.3) is 5.91 Å². The molecule has 1 amide bonds. The summed E-state index contributed by atoms with van der Waals surface area (Å²) in [6, 6.07) is 11.5. The number of H-pyrrole nitrogens is 1. The molecule has 2 aromatic heterocycles. The molecular formula is C21H18ClN5O4. The van der Waals surface area contributed by atoms with E-state index in [4.69, 9.17) is 21.1 Å². The molecule has 10 heteroatoms. The average Bonchev–Trinajstić information content (AvgIpc) is 3.17. The van der Waals surface area contributed by atoms with Gasteiger partial charge in [-0.2, -0.15) is 0 Å². The SMILES string of the molecule is CNC(=O)c1cc(Oc2ccc3nc(Nc4cc(Cl)c(OC)cc4O)[nH]c3c2)ccn1. The van der Waals surface area contributed by atoms with Gasteiger partial charge in [0.2, 0.25) is 5.95 Å². The first-order valence-electron chi connectivity index (χ1n) is 9.16. The van der Waals surface area contributed by atoms with Crippen LogP contribution in [0.15, 0.2) is 48.7 Å². The largest absolute Gasteiger partial charge is 0.506 e. The number of pyridine rings is 1. The molecule has 0 bridgehead atoms. The van der Waals surface area contributed by atoms with Crippen molar-refractivity contribution >= 4 is 40.2 Å². The zero-order valence-electron chi connectivity index (χ0n) is 16.6. The van der Waals surface area contributed by atoms with Crippen molar-refractivity contribution in [1.82, 2.24) is 20.3 Å². The minimum Gasteiger partial charge on any atom is -0.506 e. The number of hydrogen-bond donors (Lipinski definition) is 4. The summed E-state index contributed by atoms with van der Waals surface area (Å²) in [5.41, 5.74) is 2.03. The number of phenols is 1. The Morgan fingerprint density at radius 2 is 1.97 bits per heavy atom. The van der Waals surface area contributed by atoms with E-state index >= 15 is 0 Å². The predicted octanol–water partition coefficient (Wildman–Crippen LogP) is 4.22. The second kappa shape index (κ2) is 8.41. The van der Waals surface area contributed by atoms with E-state index < -0.39 is 0 Å². The Kier molecular flexibility index (Phi) is 5.50. The maximum atomic E-state index is 11.7. The minimum absolute atomic E-state index is 0.0321. The average molecular weight is 440 g/mol. The normalized spacial score (nSPS) is 10.7. The highest BCUT2D eigenvalue weighted by molar-refractivity contribution is 6.32. The minimum atomic E-state index is -0.299. The summed E-state index contributed by atoms with van der Waals surface area (Å²) in [5.74, 6) is 1.47. The molecule has 0 aliphatic carbocycles. The number of rotatable bonds is 6. The molecule has 2 aromatic carbocycles. The molecule has 158 valence electrons. The predicted molar refractivity (Wildman–Crippen MR) is 117 cm³/mol. The zero-order chi connectivity index (χ0) is 22.0. The Balaban J connectivity index is 1.56. The number of fused-ring (bicyclic) bond motifs is 1. The lowest BCUT2D eigenvalue weighted by Crippen LogP contribution is -2.18. The number of aromatic nitrogens is 3. The first-order chi connectivity index (χ1) is 15.0. The van der Waals surface area contributed by atoms with Gasteiger partial charge in [0.1, 0.15) is 28.7 Å². The quantitative estimate of drug-likeness (QED) is 0.332. The van der Waals surface area contributed by atoms with E-state index in [-0.39, 0.29) is 17.4 Å². The number of halogens is 1. The van der Waals surface area contributed by atoms with Gasteiger partial charge in [0.15, 0.2) is 0 Å². The molecule has 31 heavy (non-hydrogen) atoms. The van der Waals surface area contributed by atoms with Gasteiger partial charge >= 0.3 is 0 Å². The number of nitrogens with zero attached hydrogens (tertiary/aromatic N) is 2. The number of imidazole rings is 1. The molecule has 4 rings (SSSR count). The van der Waals surface area contributed by atoms with Crippen LogP contribution < -0.4 is 20.1 Å². The highest BCUT2D eigenvalue weighted by atomic mass is 35.5. The molecule has 2 heterocycles. The van der Waals surface area contributed by atoms with Crippen LogP contribution in [-0.2, 0) is 0 Å². The summed E-state index contributed by atoms with van der Waals surface area (Å²) in [6.07, 6.45) is 1.50. The lowest BCUT2D eigenvalue weighted by atomic mass is 10.2. The van der Waals surface area contributed by atoms with Crippen LogP contribution >= 0.6 is 11.6 Å². The molecule has 0 aliphatic heterocycles. The summed E-state index contributed by atoms with van der Waals surface area (Å²) >= 11 is 6.13. The van der Waals surface area contributed by atoms with Crippen LogP contribution in [0.5, 0.6) is 23.0 Å². The number of aromatic hydroxyl groups is 1. The highest BCUT2D eigenvalue weighted by Crippen LogP contribution is 2.36. The van der Waals surface area contributed by atoms with Crippen LogP contribution in [-0.4, -0.2) is 40.1 Å². The number of anilines is 2. The molecule has 0 radical (unpaired) electrons. The summed E-state index contributed by atoms with van der Waals surface area (Å²) in [7, 11) is 3.01. The van der Waals surface area contributed by atoms with Crippen molar-refractivity contribution < 1.29 is 19.4 Å². The lowest BCUT2D eigenvalue weighted by Gasteiger charge is -2.09. The molecule has 4 N–H and O–H groups in total. The third kappa shape index (κ3) is 4.31. The lowest BCUT2D eigenvalue weighted by molar-refractivity contribution is 0.0958. The standard InChI is InChI=1S/C21H18ClN5O4/c1-23-20(29)17-8-12(5-6-24-17)31-11-3-4-14-15(7-11)26-21(25-14)27-16-9-13(22)19(30-2)10-18(16)28/h3-10,28H,1-2H3,(H,23,29)(H2,25,26,27). The Labute approximate surface area is 182 Å². The molecular weight excluding hydrogens is 422 g/mol. The van der Waals surface area contributed by atoms with Crippen LogP contribution in [0.25, 0.3) is 11.0 Å². The number of amides is 1. The molecule has 9 nitrogen and oxygen atoms in total. The summed E-state index contributed by atoms with van der Waals surface area (Å²) in [5, 5.41) is 16.0. The molecule has 4 aromatic rings. The number of carbonyl (C=O) groups is 1. The van der Waals surface area contributed by atoms with Crippen molar-refractivity contribution in [3.63, 3.8) is 0 Å². The maximum absolute atomic E-state index is 11.7. The van der Waals surface area contributed by atoms with Gasteiger partial charge in [-0.3, -0.25) is 9.78 Å². The van der Waals surface area contributed by atoms with Gasteiger partial charge in [0.05, 0.1) is 28.9 Å². The van der Waals surface area contributed by atoms with E-state index in [1.54, 1.807) is 36.4 Å². The smallest absolute Gasteiger partial charge is 0.269 e. The number of ether oxygens (including phenoxy) is 2. The van der Waals surface area contributed by atoms with Crippen LogP contribution in [0.3, 0.4) is 0 Å². The van der Waals surface area contributed by atoms with Crippen molar-refractivity contribution in [2.24, 2.45) is 0 Å². The highest BCUT2D eigenvalue weighted by Gasteiger charge is 2.12. The van der Waals surface area contributed by atoms with Gasteiger partial charge in [-0.25, -0.2) is 4.98 Å². The Morgan fingerprint density at radius 3 is 2.74 bits per heavy atom. The van der Waals surface area contributed by atoms with E-state index in [1.165, 1.54) is 26.4 Å². The van der Waals surface area contributed by atoms with Gasteiger partial charge in [-0.05, 0) is 24.3 Å². The fourth-order valence-electron chi connectivity index (χ4n) is 2.90. The second-order valence-corrected chi connectivity index (χ2v) is 6.86. The van der Waals surface area contributed by atoms with E-state index in [9.17, 15) is 9.90 Å². The molecule has 0 saturated carbocycles. The summed E-state index contributed by atoms with van der Waals surface area (Å²) < 4.78 is 10.9. The van der Waals surface area contributed by atoms with Gasteiger partial charge in [0, 0.05) is 31.4 Å². The number of methoxy groups -OCH3 is 1. The van der Waals surface area contributed by atoms with Crippen molar-refractivity contribution in [2.45, 2.75) is 0 Å². The Hall–Kier alpha value is -3.98. The third-order valence-corrected chi connectivity index (χ3v) is 4.70. The topological polar surface area (TPSA) is 121 Å². The fraction of sp³-hybridized carbons (Fsp3) is 0.0952. The molecule has 0 unspecified atom stereocenters. The first-order valence-corrected chi connectivity index (χ1v) is 9.54. The van der Waals surface area contributed by atoms with E-state index in [1.807, 2.05) is 0 Å². The van der Waals surface area contributed by atoms with E-state index in [0.29, 0.717) is 44.9 Å². The van der Waals surface area contributed by atoms with Crippen molar-refractivity contribution in [1.29, 1.82) is 0 Å². The van der Waals surface area contributed by atoms with Crippen molar-refractivity contribution in [3.05, 3.63) is 59.4 Å². The number of benzene rings is 2. The molecule has 0 atom stereocenters. The number of phenolic OH excluding ortho intramolecular Hbond substituents is 1. The number of hydrogen-bond acceptors (Lipinski definition) is 7. The first kappa shape index (κ1) is 20.3. The van der Waals surface area contributed by atoms with Gasteiger partial charge in [-0.1, -0.05) is 11.6 Å². The summed E-state index contributed by atoms with van der Waals surface area (Å²) in [6.45, 7) is 0. The van der Waals surface area contributed by atoms with Crippen LogP contribution in [0.1, 0.15) is 10.5 Å². The van der Waals surface area contributed by atoms with Crippen LogP contribution in [0.4, 0.5) is 11.6 Å². The molecule has 0 fully saturated rings. The maximum Gasteiger partial charge on any atom is 0.269 e. The second-order valence-electron chi connectivity index (χ2n) is 6.45. The van der Waals surface area contributed by atoms with Crippen LogP contribution in [0, 0.1) is 0 Å². The van der Waals surface area contributed by atoms with Crippen molar-refractivity contribution in [3.8, 4) is 23.0 Å². The number of carbonyl (C=O) groups excluding carboxylic acids is 1. The fourth-order valence-corrected chi connectivity index (χ4v) is 3.14. The van der Waals surface area contributed by atoms with Gasteiger partial charge in [-0.15, -0.1) is 0 Å². The van der Waals surface area contributed by atoms with E-state index in [2.05, 4.69) is 25.6 Å². The summed E-state index contributed by atoms with van der Waals surface area (Å²) in [4.78, 5) is 23.3. The monoisotopic (exact) mass is 439 g/mol. The van der Waals surface area contributed by atoms with Crippen molar-refractivity contribution in [2.75, 3.05) is 19.5 Å². The van der Waals surface area contributed by atoms with Gasteiger partial charge < -0.3 is 30.2 Å². The Bertz CT molecular complexity index is 1270. The number of aromatic amines is 1. The molecule has 0 aliphatic rings. The number of nitrogens with one attached hydrogen (secondary N) is 3. The molecule has 0 saturated heterocycles.